The monoisotopic (exact) mass is 290 g/mol. The number of carbonyl (C=O) groups is 2. The average Bonchev–Trinajstić information content (AvgIpc) is 2.78. The fourth-order valence-corrected chi connectivity index (χ4v) is 2.31. The van der Waals surface area contributed by atoms with E-state index in [0.29, 0.717) is 13.1 Å². The standard InChI is InChI=1S/C16H22N2O3/c1-11(17-15(20)21-16(2,3)4)14(19)18-9-12-7-5-6-8-13(12)10-18/h5-8,11H,9-10H2,1-4H3,(H,17,20). The van der Waals surface area contributed by atoms with Crippen LogP contribution in [-0.2, 0) is 22.6 Å². The van der Waals surface area contributed by atoms with Crippen LogP contribution in [-0.4, -0.2) is 28.5 Å². The fraction of sp³-hybridized carbons (Fsp3) is 0.500. The van der Waals surface area contributed by atoms with Gasteiger partial charge < -0.3 is 15.0 Å². The molecule has 2 rings (SSSR count). The molecule has 0 saturated heterocycles. The van der Waals surface area contributed by atoms with Gasteiger partial charge in [0.25, 0.3) is 0 Å². The van der Waals surface area contributed by atoms with Crippen molar-refractivity contribution in [2.75, 3.05) is 0 Å². The zero-order valence-corrected chi connectivity index (χ0v) is 13.0. The van der Waals surface area contributed by atoms with Crippen LogP contribution < -0.4 is 5.32 Å². The Bertz CT molecular complexity index is 524. The van der Waals surface area contributed by atoms with Crippen LogP contribution in [0, 0.1) is 0 Å². The second kappa shape index (κ2) is 5.76. The van der Waals surface area contributed by atoms with E-state index < -0.39 is 17.7 Å². The zero-order valence-electron chi connectivity index (χ0n) is 13.0. The Morgan fingerprint density at radius 1 is 1.19 bits per heavy atom. The van der Waals surface area contributed by atoms with E-state index in [-0.39, 0.29) is 5.91 Å². The molecular formula is C16H22N2O3. The van der Waals surface area contributed by atoms with E-state index in [2.05, 4.69) is 5.32 Å². The second-order valence-electron chi connectivity index (χ2n) is 6.33. The van der Waals surface area contributed by atoms with Gasteiger partial charge in [0.15, 0.2) is 0 Å². The summed E-state index contributed by atoms with van der Waals surface area (Å²) in [5.41, 5.74) is 1.75. The minimum Gasteiger partial charge on any atom is -0.444 e. The molecule has 1 unspecified atom stereocenters. The Hall–Kier alpha value is -2.04. The van der Waals surface area contributed by atoms with Crippen molar-refractivity contribution in [1.82, 2.24) is 10.2 Å². The summed E-state index contributed by atoms with van der Waals surface area (Å²) in [6.07, 6.45) is -0.569. The molecule has 0 saturated carbocycles. The number of fused-ring (bicyclic) bond motifs is 1. The Balaban J connectivity index is 1.91. The van der Waals surface area contributed by atoms with E-state index in [4.69, 9.17) is 4.74 Å². The molecule has 1 aromatic carbocycles. The van der Waals surface area contributed by atoms with Crippen molar-refractivity contribution in [1.29, 1.82) is 0 Å². The van der Waals surface area contributed by atoms with Crippen LogP contribution in [0.4, 0.5) is 4.79 Å². The van der Waals surface area contributed by atoms with Gasteiger partial charge in [-0.2, -0.15) is 0 Å². The number of hydrogen-bond donors (Lipinski definition) is 1. The van der Waals surface area contributed by atoms with Gasteiger partial charge >= 0.3 is 6.09 Å². The minimum atomic E-state index is -0.603. The van der Waals surface area contributed by atoms with E-state index >= 15 is 0 Å². The van der Waals surface area contributed by atoms with Crippen molar-refractivity contribution in [3.05, 3.63) is 35.4 Å². The van der Waals surface area contributed by atoms with Gasteiger partial charge in [0.2, 0.25) is 5.91 Å². The van der Waals surface area contributed by atoms with Crippen molar-refractivity contribution in [2.45, 2.75) is 52.4 Å². The molecule has 1 atom stereocenters. The lowest BCUT2D eigenvalue weighted by atomic mass is 10.1. The highest BCUT2D eigenvalue weighted by atomic mass is 16.6. The third kappa shape index (κ3) is 3.97. The molecule has 114 valence electrons. The Morgan fingerprint density at radius 3 is 2.19 bits per heavy atom. The molecule has 0 bridgehead atoms. The van der Waals surface area contributed by atoms with Gasteiger partial charge in [0.1, 0.15) is 11.6 Å². The maximum absolute atomic E-state index is 12.4. The molecule has 1 aliphatic rings. The van der Waals surface area contributed by atoms with Crippen molar-refractivity contribution >= 4 is 12.0 Å². The molecule has 1 aliphatic heterocycles. The van der Waals surface area contributed by atoms with Crippen LogP contribution in [0.5, 0.6) is 0 Å². The van der Waals surface area contributed by atoms with Gasteiger partial charge in [-0.15, -0.1) is 0 Å². The topological polar surface area (TPSA) is 58.6 Å². The number of nitrogens with zero attached hydrogens (tertiary/aromatic N) is 1. The molecule has 21 heavy (non-hydrogen) atoms. The van der Waals surface area contributed by atoms with Gasteiger partial charge in [0.05, 0.1) is 0 Å². The molecule has 1 heterocycles. The number of alkyl carbamates (subject to hydrolysis) is 1. The predicted octanol–water partition coefficient (Wildman–Crippen LogP) is 2.44. The van der Waals surface area contributed by atoms with Crippen LogP contribution >= 0.6 is 0 Å². The van der Waals surface area contributed by atoms with Crippen molar-refractivity contribution in [3.63, 3.8) is 0 Å². The lowest BCUT2D eigenvalue weighted by molar-refractivity contribution is -0.133. The number of benzene rings is 1. The molecule has 1 N–H and O–H groups in total. The summed E-state index contributed by atoms with van der Waals surface area (Å²) in [7, 11) is 0. The smallest absolute Gasteiger partial charge is 0.408 e. The highest BCUT2D eigenvalue weighted by Crippen LogP contribution is 2.22. The third-order valence-electron chi connectivity index (χ3n) is 3.26. The van der Waals surface area contributed by atoms with E-state index in [1.54, 1.807) is 32.6 Å². The SMILES string of the molecule is CC(NC(=O)OC(C)(C)C)C(=O)N1Cc2ccccc2C1. The fourth-order valence-electron chi connectivity index (χ4n) is 2.31. The lowest BCUT2D eigenvalue weighted by Gasteiger charge is -2.24. The Labute approximate surface area is 125 Å². The van der Waals surface area contributed by atoms with E-state index in [9.17, 15) is 9.59 Å². The Kier molecular flexibility index (Phi) is 4.21. The Morgan fingerprint density at radius 2 is 1.71 bits per heavy atom. The van der Waals surface area contributed by atoms with Gasteiger partial charge in [-0.1, -0.05) is 24.3 Å². The molecule has 5 heteroatoms. The maximum atomic E-state index is 12.4. The molecule has 2 amide bonds. The molecule has 0 spiro atoms. The van der Waals surface area contributed by atoms with Crippen LogP contribution in [0.1, 0.15) is 38.8 Å². The van der Waals surface area contributed by atoms with Crippen LogP contribution in [0.25, 0.3) is 0 Å². The van der Waals surface area contributed by atoms with Gasteiger partial charge in [-0.3, -0.25) is 4.79 Å². The number of hydrogen-bond acceptors (Lipinski definition) is 3. The lowest BCUT2D eigenvalue weighted by Crippen LogP contribution is -2.46. The summed E-state index contributed by atoms with van der Waals surface area (Å²) < 4.78 is 5.16. The number of ether oxygens (including phenoxy) is 1. The largest absolute Gasteiger partial charge is 0.444 e. The maximum Gasteiger partial charge on any atom is 0.408 e. The first kappa shape index (κ1) is 15.4. The zero-order chi connectivity index (χ0) is 15.6. The van der Waals surface area contributed by atoms with Crippen LogP contribution in [0.2, 0.25) is 0 Å². The quantitative estimate of drug-likeness (QED) is 0.910. The summed E-state index contributed by atoms with van der Waals surface area (Å²) >= 11 is 0. The molecular weight excluding hydrogens is 268 g/mol. The number of rotatable bonds is 2. The predicted molar refractivity (Wildman–Crippen MR) is 79.5 cm³/mol. The molecule has 1 aromatic rings. The molecule has 0 aliphatic carbocycles. The van der Waals surface area contributed by atoms with Gasteiger partial charge in [-0.05, 0) is 38.8 Å². The summed E-state index contributed by atoms with van der Waals surface area (Å²) in [5, 5.41) is 2.59. The first-order valence-electron chi connectivity index (χ1n) is 7.11. The summed E-state index contributed by atoms with van der Waals surface area (Å²) in [5.74, 6) is -0.0999. The van der Waals surface area contributed by atoms with E-state index in [1.165, 1.54) is 0 Å². The minimum absolute atomic E-state index is 0.0999. The van der Waals surface area contributed by atoms with Crippen molar-refractivity contribution in [3.8, 4) is 0 Å². The molecule has 0 radical (unpaired) electrons. The van der Waals surface area contributed by atoms with E-state index in [1.807, 2.05) is 24.3 Å². The third-order valence-corrected chi connectivity index (χ3v) is 3.26. The molecule has 0 aromatic heterocycles. The molecule has 0 fully saturated rings. The average molecular weight is 290 g/mol. The van der Waals surface area contributed by atoms with Gasteiger partial charge in [0, 0.05) is 13.1 Å². The first-order chi connectivity index (χ1) is 9.76. The number of amides is 2. The highest BCUT2D eigenvalue weighted by molar-refractivity contribution is 5.85. The van der Waals surface area contributed by atoms with Crippen molar-refractivity contribution in [2.24, 2.45) is 0 Å². The summed E-state index contributed by atoms with van der Waals surface area (Å²) in [6, 6.07) is 7.38. The van der Waals surface area contributed by atoms with Gasteiger partial charge in [-0.25, -0.2) is 4.79 Å². The van der Waals surface area contributed by atoms with E-state index in [0.717, 1.165) is 11.1 Å². The molecule has 5 nitrogen and oxygen atoms in total. The normalized spacial score (nSPS) is 15.3. The number of nitrogens with one attached hydrogen (secondary N) is 1. The second-order valence-corrected chi connectivity index (χ2v) is 6.33. The summed E-state index contributed by atoms with van der Waals surface area (Å²) in [6.45, 7) is 8.22. The number of carbonyl (C=O) groups excluding carboxylic acids is 2. The summed E-state index contributed by atoms with van der Waals surface area (Å²) in [4.78, 5) is 25.8. The highest BCUT2D eigenvalue weighted by Gasteiger charge is 2.28. The van der Waals surface area contributed by atoms with Crippen LogP contribution in [0.15, 0.2) is 24.3 Å². The van der Waals surface area contributed by atoms with Crippen molar-refractivity contribution < 1.29 is 14.3 Å². The van der Waals surface area contributed by atoms with Crippen LogP contribution in [0.3, 0.4) is 0 Å². The first-order valence-corrected chi connectivity index (χ1v) is 7.11.